The standard InChI is InChI=1S/C18H22FNO/c1-3-10-20-18(12-14-6-4-8-16(19)11-14)15-7-5-9-17(13-15)21-2/h4-9,11,13,18,20H,3,10,12H2,1-2H3. The van der Waals surface area contributed by atoms with E-state index in [4.69, 9.17) is 4.74 Å². The van der Waals surface area contributed by atoms with E-state index in [1.54, 1.807) is 19.2 Å². The molecule has 2 rings (SSSR count). The molecule has 112 valence electrons. The van der Waals surface area contributed by atoms with Crippen molar-refractivity contribution >= 4 is 0 Å². The topological polar surface area (TPSA) is 21.3 Å². The van der Waals surface area contributed by atoms with E-state index < -0.39 is 0 Å². The molecular formula is C18H22FNO. The third-order valence-electron chi connectivity index (χ3n) is 3.47. The van der Waals surface area contributed by atoms with Gasteiger partial charge in [0.1, 0.15) is 11.6 Å². The molecule has 2 aromatic rings. The Balaban J connectivity index is 2.20. The maximum absolute atomic E-state index is 13.4. The third-order valence-corrected chi connectivity index (χ3v) is 3.47. The van der Waals surface area contributed by atoms with Crippen molar-refractivity contribution in [1.29, 1.82) is 0 Å². The van der Waals surface area contributed by atoms with Crippen molar-refractivity contribution in [2.24, 2.45) is 0 Å². The molecule has 1 atom stereocenters. The van der Waals surface area contributed by atoms with Crippen molar-refractivity contribution in [2.45, 2.75) is 25.8 Å². The van der Waals surface area contributed by atoms with Crippen LogP contribution in [-0.4, -0.2) is 13.7 Å². The van der Waals surface area contributed by atoms with E-state index in [0.29, 0.717) is 0 Å². The smallest absolute Gasteiger partial charge is 0.123 e. The third kappa shape index (κ3) is 4.57. The van der Waals surface area contributed by atoms with Gasteiger partial charge >= 0.3 is 0 Å². The van der Waals surface area contributed by atoms with Crippen molar-refractivity contribution in [2.75, 3.05) is 13.7 Å². The summed E-state index contributed by atoms with van der Waals surface area (Å²) in [5.41, 5.74) is 2.15. The quantitative estimate of drug-likeness (QED) is 0.827. The molecule has 0 amide bonds. The molecule has 0 bridgehead atoms. The van der Waals surface area contributed by atoms with Gasteiger partial charge in [-0.25, -0.2) is 4.39 Å². The molecule has 0 aliphatic heterocycles. The minimum atomic E-state index is -0.188. The van der Waals surface area contributed by atoms with Crippen molar-refractivity contribution in [1.82, 2.24) is 5.32 Å². The second-order valence-electron chi connectivity index (χ2n) is 5.12. The monoisotopic (exact) mass is 287 g/mol. The highest BCUT2D eigenvalue weighted by atomic mass is 19.1. The molecule has 0 aliphatic rings. The van der Waals surface area contributed by atoms with Crippen LogP contribution in [0.2, 0.25) is 0 Å². The molecule has 0 aromatic heterocycles. The van der Waals surface area contributed by atoms with Gasteiger partial charge in [0.25, 0.3) is 0 Å². The average molecular weight is 287 g/mol. The summed E-state index contributed by atoms with van der Waals surface area (Å²) in [6.07, 6.45) is 1.81. The fourth-order valence-electron chi connectivity index (χ4n) is 2.38. The molecule has 0 heterocycles. The summed E-state index contributed by atoms with van der Waals surface area (Å²) in [6, 6.07) is 15.0. The second kappa shape index (κ2) is 7.79. The van der Waals surface area contributed by atoms with Gasteiger partial charge in [-0.1, -0.05) is 31.2 Å². The van der Waals surface area contributed by atoms with Crippen molar-refractivity contribution < 1.29 is 9.13 Å². The summed E-state index contributed by atoms with van der Waals surface area (Å²) in [6.45, 7) is 3.06. The van der Waals surface area contributed by atoms with Crippen LogP contribution in [0.15, 0.2) is 48.5 Å². The Morgan fingerprint density at radius 2 is 1.95 bits per heavy atom. The zero-order chi connectivity index (χ0) is 15.1. The Bertz CT molecular complexity index is 571. The molecule has 3 heteroatoms. The van der Waals surface area contributed by atoms with Crippen LogP contribution in [0, 0.1) is 5.82 Å². The summed E-state index contributed by atoms with van der Waals surface area (Å²) < 4.78 is 18.6. The number of nitrogens with one attached hydrogen (secondary N) is 1. The molecule has 2 aromatic carbocycles. The van der Waals surface area contributed by atoms with E-state index in [1.807, 2.05) is 24.3 Å². The van der Waals surface area contributed by atoms with Crippen LogP contribution in [0.4, 0.5) is 4.39 Å². The van der Waals surface area contributed by atoms with Crippen LogP contribution in [-0.2, 0) is 6.42 Å². The van der Waals surface area contributed by atoms with Crippen LogP contribution in [0.5, 0.6) is 5.75 Å². The Morgan fingerprint density at radius 1 is 1.14 bits per heavy atom. The lowest BCUT2D eigenvalue weighted by atomic mass is 9.98. The molecule has 21 heavy (non-hydrogen) atoms. The van der Waals surface area contributed by atoms with Crippen molar-refractivity contribution in [3.05, 3.63) is 65.5 Å². The van der Waals surface area contributed by atoms with E-state index in [9.17, 15) is 4.39 Å². The largest absolute Gasteiger partial charge is 0.497 e. The summed E-state index contributed by atoms with van der Waals surface area (Å²) in [7, 11) is 1.67. The molecular weight excluding hydrogens is 265 g/mol. The SMILES string of the molecule is CCCNC(Cc1cccc(F)c1)c1cccc(OC)c1. The Hall–Kier alpha value is -1.87. The lowest BCUT2D eigenvalue weighted by Crippen LogP contribution is -2.24. The summed E-state index contributed by atoms with van der Waals surface area (Å²) in [4.78, 5) is 0. The van der Waals surface area contributed by atoms with Crippen LogP contribution in [0.1, 0.15) is 30.5 Å². The van der Waals surface area contributed by atoms with Gasteiger partial charge in [-0.3, -0.25) is 0 Å². The van der Waals surface area contributed by atoms with Gasteiger partial charge in [-0.15, -0.1) is 0 Å². The van der Waals surface area contributed by atoms with E-state index in [-0.39, 0.29) is 11.9 Å². The minimum Gasteiger partial charge on any atom is -0.497 e. The predicted molar refractivity (Wildman–Crippen MR) is 84.1 cm³/mol. The zero-order valence-corrected chi connectivity index (χ0v) is 12.6. The maximum Gasteiger partial charge on any atom is 0.123 e. The van der Waals surface area contributed by atoms with E-state index >= 15 is 0 Å². The molecule has 0 aliphatic carbocycles. The normalized spacial score (nSPS) is 12.1. The number of benzene rings is 2. The maximum atomic E-state index is 13.4. The van der Waals surface area contributed by atoms with E-state index in [0.717, 1.165) is 36.3 Å². The molecule has 0 spiro atoms. The zero-order valence-electron chi connectivity index (χ0n) is 12.6. The number of methoxy groups -OCH3 is 1. The van der Waals surface area contributed by atoms with Crippen LogP contribution < -0.4 is 10.1 Å². The lowest BCUT2D eigenvalue weighted by molar-refractivity contribution is 0.412. The van der Waals surface area contributed by atoms with Crippen LogP contribution in [0.25, 0.3) is 0 Å². The van der Waals surface area contributed by atoms with Gasteiger partial charge in [-0.05, 0) is 54.8 Å². The fraction of sp³-hybridized carbons (Fsp3) is 0.333. The predicted octanol–water partition coefficient (Wildman–Crippen LogP) is 4.12. The minimum absolute atomic E-state index is 0.154. The van der Waals surface area contributed by atoms with Crippen LogP contribution >= 0.6 is 0 Å². The first-order valence-corrected chi connectivity index (χ1v) is 7.34. The summed E-state index contributed by atoms with van der Waals surface area (Å²) in [5.74, 6) is 0.655. The average Bonchev–Trinajstić information content (AvgIpc) is 2.51. The second-order valence-corrected chi connectivity index (χ2v) is 5.12. The van der Waals surface area contributed by atoms with Gasteiger partial charge in [0, 0.05) is 6.04 Å². The lowest BCUT2D eigenvalue weighted by Gasteiger charge is -2.20. The number of hydrogen-bond acceptors (Lipinski definition) is 2. The molecule has 0 saturated carbocycles. The number of hydrogen-bond donors (Lipinski definition) is 1. The Kier molecular flexibility index (Phi) is 5.76. The van der Waals surface area contributed by atoms with Gasteiger partial charge in [0.05, 0.1) is 7.11 Å². The first-order chi connectivity index (χ1) is 10.2. The van der Waals surface area contributed by atoms with Gasteiger partial charge in [0.2, 0.25) is 0 Å². The summed E-state index contributed by atoms with van der Waals surface area (Å²) in [5, 5.41) is 3.53. The van der Waals surface area contributed by atoms with Gasteiger partial charge in [0.15, 0.2) is 0 Å². The highest BCUT2D eigenvalue weighted by Gasteiger charge is 2.12. The van der Waals surface area contributed by atoms with Gasteiger partial charge < -0.3 is 10.1 Å². The van der Waals surface area contributed by atoms with E-state index in [2.05, 4.69) is 18.3 Å². The van der Waals surface area contributed by atoms with Gasteiger partial charge in [-0.2, -0.15) is 0 Å². The number of halogens is 1. The molecule has 2 nitrogen and oxygen atoms in total. The highest BCUT2D eigenvalue weighted by Crippen LogP contribution is 2.23. The van der Waals surface area contributed by atoms with Crippen LogP contribution in [0.3, 0.4) is 0 Å². The highest BCUT2D eigenvalue weighted by molar-refractivity contribution is 5.32. The first-order valence-electron chi connectivity index (χ1n) is 7.34. The summed E-state index contributed by atoms with van der Waals surface area (Å²) >= 11 is 0. The molecule has 0 radical (unpaired) electrons. The number of ether oxygens (including phenoxy) is 1. The van der Waals surface area contributed by atoms with Crippen molar-refractivity contribution in [3.8, 4) is 5.75 Å². The van der Waals surface area contributed by atoms with E-state index in [1.165, 1.54) is 6.07 Å². The molecule has 1 unspecified atom stereocenters. The Morgan fingerprint density at radius 3 is 2.67 bits per heavy atom. The first kappa shape index (κ1) is 15.5. The molecule has 0 saturated heterocycles. The molecule has 0 fully saturated rings. The van der Waals surface area contributed by atoms with Crippen molar-refractivity contribution in [3.63, 3.8) is 0 Å². The molecule has 1 N–H and O–H groups in total. The Labute approximate surface area is 126 Å². The number of rotatable bonds is 7. The fourth-order valence-corrected chi connectivity index (χ4v) is 2.38.